The van der Waals surface area contributed by atoms with E-state index in [-0.39, 0.29) is 12.3 Å². The Labute approximate surface area is 184 Å². The minimum absolute atomic E-state index is 0.192. The predicted molar refractivity (Wildman–Crippen MR) is 117 cm³/mol. The van der Waals surface area contributed by atoms with Crippen LogP contribution in [0, 0.1) is 6.92 Å². The summed E-state index contributed by atoms with van der Waals surface area (Å²) in [7, 11) is 0. The minimum atomic E-state index is -4.39. The van der Waals surface area contributed by atoms with E-state index < -0.39 is 12.8 Å². The lowest BCUT2D eigenvalue weighted by molar-refractivity contribution is -0.153. The zero-order valence-corrected chi connectivity index (χ0v) is 18.1. The van der Waals surface area contributed by atoms with Crippen LogP contribution in [0.2, 0.25) is 0 Å². The van der Waals surface area contributed by atoms with E-state index in [1.54, 1.807) is 19.1 Å². The first-order valence-electron chi connectivity index (χ1n) is 10.5. The molecule has 0 radical (unpaired) electrons. The topological polar surface area (TPSA) is 75.8 Å². The molecule has 10 heteroatoms. The van der Waals surface area contributed by atoms with Crippen molar-refractivity contribution in [2.24, 2.45) is 4.99 Å². The fraction of sp³-hybridized carbons (Fsp3) is 0.409. The van der Waals surface area contributed by atoms with Crippen LogP contribution in [-0.2, 0) is 13.0 Å². The number of aromatic nitrogens is 3. The number of rotatable bonds is 9. The number of benzene rings is 1. The molecule has 0 aliphatic heterocycles. The van der Waals surface area contributed by atoms with Crippen LogP contribution in [0.4, 0.5) is 13.2 Å². The molecule has 2 aromatic heterocycles. The molecule has 0 bridgehead atoms. The molecule has 3 rings (SSSR count). The number of alkyl halides is 3. The van der Waals surface area contributed by atoms with E-state index in [1.807, 2.05) is 41.8 Å². The number of halogens is 3. The Morgan fingerprint density at radius 2 is 2.00 bits per heavy atom. The van der Waals surface area contributed by atoms with Crippen LogP contribution in [0.15, 0.2) is 47.6 Å². The van der Waals surface area contributed by atoms with E-state index in [2.05, 4.69) is 25.8 Å². The van der Waals surface area contributed by atoms with Crippen LogP contribution in [0.1, 0.15) is 30.3 Å². The van der Waals surface area contributed by atoms with Crippen molar-refractivity contribution in [1.82, 2.24) is 25.2 Å². The highest BCUT2D eigenvalue weighted by Gasteiger charge is 2.28. The summed E-state index contributed by atoms with van der Waals surface area (Å²) in [5, 5.41) is 14.8. The maximum Gasteiger partial charge on any atom is 0.422 e. The first kappa shape index (κ1) is 23.4. The molecule has 0 saturated carbocycles. The number of guanidine groups is 1. The zero-order chi connectivity index (χ0) is 23.0. The summed E-state index contributed by atoms with van der Waals surface area (Å²) in [6, 6.07) is 10.9. The third-order valence-electron chi connectivity index (χ3n) is 4.62. The molecular formula is C22H27F3N6O. The number of pyridine rings is 1. The lowest BCUT2D eigenvalue weighted by Crippen LogP contribution is -2.37. The average Bonchev–Trinajstić information content (AvgIpc) is 3.17. The lowest BCUT2D eigenvalue weighted by atomic mass is 10.1. The number of hydrogen-bond donors (Lipinski definition) is 2. The van der Waals surface area contributed by atoms with Crippen LogP contribution >= 0.6 is 0 Å². The fourth-order valence-electron chi connectivity index (χ4n) is 3.11. The van der Waals surface area contributed by atoms with E-state index in [1.165, 1.54) is 0 Å². The first-order valence-corrected chi connectivity index (χ1v) is 10.5. The van der Waals surface area contributed by atoms with Crippen LogP contribution < -0.4 is 15.4 Å². The summed E-state index contributed by atoms with van der Waals surface area (Å²) in [6.45, 7) is 3.92. The van der Waals surface area contributed by atoms with Crippen molar-refractivity contribution in [3.63, 3.8) is 0 Å². The third kappa shape index (κ3) is 6.86. The molecule has 0 aliphatic rings. The molecular weight excluding hydrogens is 421 g/mol. The van der Waals surface area contributed by atoms with Gasteiger partial charge in [0.2, 0.25) is 0 Å². The van der Waals surface area contributed by atoms with Gasteiger partial charge in [-0.2, -0.15) is 13.2 Å². The summed E-state index contributed by atoms with van der Waals surface area (Å²) in [6.07, 6.45) is -0.907. The number of nitrogens with zero attached hydrogens (tertiary/aromatic N) is 4. The summed E-state index contributed by atoms with van der Waals surface area (Å²) < 4.78 is 44.7. The standard InChI is InChI=1S/C22H27F3N6O/c1-3-26-21(27-11-6-8-20-30-29-19-7-4-5-12-31(19)20)28-14-17-10-9-16(2)13-18(17)32-15-22(23,24)25/h4-5,7,9-10,12-13H,3,6,8,11,14-15H2,1-2H3,(H2,26,27,28). The van der Waals surface area contributed by atoms with Crippen LogP contribution in [0.25, 0.3) is 5.65 Å². The molecule has 2 heterocycles. The number of fused-ring (bicyclic) bond motifs is 1. The monoisotopic (exact) mass is 448 g/mol. The minimum Gasteiger partial charge on any atom is -0.484 e. The highest BCUT2D eigenvalue weighted by molar-refractivity contribution is 5.79. The summed E-state index contributed by atoms with van der Waals surface area (Å²) in [5.41, 5.74) is 2.22. The van der Waals surface area contributed by atoms with Gasteiger partial charge in [0.25, 0.3) is 0 Å². The maximum absolute atomic E-state index is 12.6. The fourth-order valence-corrected chi connectivity index (χ4v) is 3.11. The van der Waals surface area contributed by atoms with Crippen molar-refractivity contribution >= 4 is 11.6 Å². The average molecular weight is 448 g/mol. The van der Waals surface area contributed by atoms with Crippen LogP contribution in [0.5, 0.6) is 5.75 Å². The molecule has 0 aliphatic carbocycles. The Kier molecular flexibility index (Phi) is 7.91. The summed E-state index contributed by atoms with van der Waals surface area (Å²) >= 11 is 0. The molecule has 0 saturated heterocycles. The van der Waals surface area contributed by atoms with Gasteiger partial charge in [0, 0.05) is 31.3 Å². The van der Waals surface area contributed by atoms with E-state index in [0.717, 1.165) is 29.9 Å². The van der Waals surface area contributed by atoms with Gasteiger partial charge >= 0.3 is 6.18 Å². The maximum atomic E-state index is 12.6. The Balaban J connectivity index is 1.57. The summed E-state index contributed by atoms with van der Waals surface area (Å²) in [4.78, 5) is 4.50. The van der Waals surface area contributed by atoms with Crippen molar-refractivity contribution in [1.29, 1.82) is 0 Å². The Hall–Kier alpha value is -3.30. The number of aliphatic imine (C=N–C) groups is 1. The van der Waals surface area contributed by atoms with E-state index >= 15 is 0 Å². The highest BCUT2D eigenvalue weighted by Crippen LogP contribution is 2.24. The van der Waals surface area contributed by atoms with Gasteiger partial charge in [-0.05, 0) is 44.0 Å². The van der Waals surface area contributed by atoms with Gasteiger partial charge in [0.1, 0.15) is 11.6 Å². The van der Waals surface area contributed by atoms with Gasteiger partial charge in [-0.1, -0.05) is 18.2 Å². The van der Waals surface area contributed by atoms with Crippen molar-refractivity contribution in [3.8, 4) is 5.75 Å². The van der Waals surface area contributed by atoms with Gasteiger partial charge in [-0.15, -0.1) is 10.2 Å². The molecule has 0 amide bonds. The highest BCUT2D eigenvalue weighted by atomic mass is 19.4. The summed E-state index contributed by atoms with van der Waals surface area (Å²) in [5.74, 6) is 1.66. The largest absolute Gasteiger partial charge is 0.484 e. The van der Waals surface area contributed by atoms with Crippen molar-refractivity contribution < 1.29 is 17.9 Å². The van der Waals surface area contributed by atoms with E-state index in [9.17, 15) is 13.2 Å². The first-order chi connectivity index (χ1) is 15.4. The van der Waals surface area contributed by atoms with Crippen LogP contribution in [-0.4, -0.2) is 46.4 Å². The number of ether oxygens (including phenoxy) is 1. The van der Waals surface area contributed by atoms with E-state index in [4.69, 9.17) is 4.74 Å². The van der Waals surface area contributed by atoms with Crippen molar-refractivity contribution in [2.45, 2.75) is 39.4 Å². The Bertz CT molecular complexity index is 1050. The molecule has 2 N–H and O–H groups in total. The van der Waals surface area contributed by atoms with Gasteiger partial charge < -0.3 is 15.4 Å². The number of aryl methyl sites for hydroxylation is 2. The molecule has 0 fully saturated rings. The second-order valence-corrected chi connectivity index (χ2v) is 7.29. The normalized spacial score (nSPS) is 12.2. The molecule has 32 heavy (non-hydrogen) atoms. The van der Waals surface area contributed by atoms with Gasteiger partial charge in [0.15, 0.2) is 18.2 Å². The second kappa shape index (κ2) is 10.8. The molecule has 0 unspecified atom stereocenters. The van der Waals surface area contributed by atoms with Gasteiger partial charge in [-0.25, -0.2) is 4.99 Å². The number of hydrogen-bond acceptors (Lipinski definition) is 4. The lowest BCUT2D eigenvalue weighted by Gasteiger charge is -2.14. The van der Waals surface area contributed by atoms with E-state index in [0.29, 0.717) is 24.6 Å². The molecule has 172 valence electrons. The molecule has 7 nitrogen and oxygen atoms in total. The predicted octanol–water partition coefficient (Wildman–Crippen LogP) is 3.67. The quantitative estimate of drug-likeness (QED) is 0.297. The second-order valence-electron chi connectivity index (χ2n) is 7.29. The molecule has 0 atom stereocenters. The van der Waals surface area contributed by atoms with Crippen LogP contribution in [0.3, 0.4) is 0 Å². The zero-order valence-electron chi connectivity index (χ0n) is 18.1. The van der Waals surface area contributed by atoms with Crippen molar-refractivity contribution in [2.75, 3.05) is 19.7 Å². The number of nitrogens with one attached hydrogen (secondary N) is 2. The van der Waals surface area contributed by atoms with Gasteiger partial charge in [-0.3, -0.25) is 4.40 Å². The molecule has 1 aromatic carbocycles. The van der Waals surface area contributed by atoms with Gasteiger partial charge in [0.05, 0.1) is 6.54 Å². The van der Waals surface area contributed by atoms with Crippen molar-refractivity contribution in [3.05, 3.63) is 59.5 Å². The Morgan fingerprint density at radius 3 is 2.78 bits per heavy atom. The molecule has 0 spiro atoms. The Morgan fingerprint density at radius 1 is 1.16 bits per heavy atom. The molecule has 3 aromatic rings. The smallest absolute Gasteiger partial charge is 0.422 e. The third-order valence-corrected chi connectivity index (χ3v) is 4.62. The SMILES string of the molecule is CCNC(=NCc1ccc(C)cc1OCC(F)(F)F)NCCCc1nnc2ccccn12.